The summed E-state index contributed by atoms with van der Waals surface area (Å²) in [5.41, 5.74) is 4.33. The van der Waals surface area contributed by atoms with E-state index >= 15 is 0 Å². The summed E-state index contributed by atoms with van der Waals surface area (Å²) < 4.78 is 16.5. The molecule has 0 aliphatic carbocycles. The van der Waals surface area contributed by atoms with Crippen molar-refractivity contribution in [1.29, 1.82) is 0 Å². The van der Waals surface area contributed by atoms with E-state index in [-0.39, 0.29) is 5.97 Å². The number of carbonyl (C=O) groups excluding carboxylic acids is 1. The van der Waals surface area contributed by atoms with Gasteiger partial charge in [0.05, 0.1) is 13.2 Å². The number of ether oxygens (including phenoxy) is 3. The number of benzene rings is 2. The average Bonchev–Trinajstić information content (AvgIpc) is 2.85. The van der Waals surface area contributed by atoms with Crippen LogP contribution in [0, 0.1) is 5.92 Å². The lowest BCUT2D eigenvalue weighted by Gasteiger charge is -2.28. The lowest BCUT2D eigenvalue weighted by molar-refractivity contribution is -0.137. The Morgan fingerprint density at radius 2 is 1.69 bits per heavy atom. The first-order valence-electron chi connectivity index (χ1n) is 13.0. The summed E-state index contributed by atoms with van der Waals surface area (Å²) in [5, 5.41) is 0. The van der Waals surface area contributed by atoms with Crippen LogP contribution in [0.15, 0.2) is 48.5 Å². The van der Waals surface area contributed by atoms with Crippen molar-refractivity contribution >= 4 is 17.7 Å². The van der Waals surface area contributed by atoms with E-state index in [4.69, 9.17) is 14.2 Å². The van der Waals surface area contributed by atoms with Crippen LogP contribution in [-0.2, 0) is 14.3 Å². The van der Waals surface area contributed by atoms with Crippen LogP contribution < -0.4 is 9.64 Å². The standard InChI is InChI=1S/C30H43NO4/c1-6-9-19-33-20-21-35-28-14-10-25(11-15-28)26-12-16-29(31(18-7-2)23-24(4)5)27(22-26)13-17-30(32)34-8-3/h10-17,22,24H,6-9,18-21,23H2,1-5H3/b17-13+. The zero-order valence-corrected chi connectivity index (χ0v) is 22.2. The van der Waals surface area contributed by atoms with Crippen LogP contribution in [-0.4, -0.2) is 45.5 Å². The van der Waals surface area contributed by atoms with Gasteiger partial charge in [-0.3, -0.25) is 0 Å². The molecule has 0 heterocycles. The van der Waals surface area contributed by atoms with Crippen LogP contribution in [0.4, 0.5) is 5.69 Å². The Bertz CT molecular complexity index is 905. The third kappa shape index (κ3) is 10.2. The van der Waals surface area contributed by atoms with Crippen molar-refractivity contribution in [1.82, 2.24) is 0 Å². The summed E-state index contributed by atoms with van der Waals surface area (Å²) in [4.78, 5) is 14.4. The lowest BCUT2D eigenvalue weighted by Crippen LogP contribution is -2.29. The molecule has 0 radical (unpaired) electrons. The minimum absolute atomic E-state index is 0.324. The topological polar surface area (TPSA) is 48.0 Å². The number of unbranched alkanes of at least 4 members (excludes halogenated alkanes) is 1. The molecule has 0 aliphatic rings. The molecular weight excluding hydrogens is 438 g/mol. The first-order chi connectivity index (χ1) is 17.0. The fraction of sp³-hybridized carbons (Fsp3) is 0.500. The summed E-state index contributed by atoms with van der Waals surface area (Å²) in [6, 6.07) is 14.6. The number of anilines is 1. The summed E-state index contributed by atoms with van der Waals surface area (Å²) >= 11 is 0. The van der Waals surface area contributed by atoms with E-state index in [1.54, 1.807) is 0 Å². The molecule has 5 nitrogen and oxygen atoms in total. The van der Waals surface area contributed by atoms with Crippen LogP contribution in [0.3, 0.4) is 0 Å². The lowest BCUT2D eigenvalue weighted by atomic mass is 10.00. The summed E-state index contributed by atoms with van der Waals surface area (Å²) in [5.74, 6) is 1.04. The molecule has 0 bridgehead atoms. The Morgan fingerprint density at radius 1 is 0.943 bits per heavy atom. The third-order valence-electron chi connectivity index (χ3n) is 5.46. The van der Waals surface area contributed by atoms with Crippen LogP contribution in [0.5, 0.6) is 5.75 Å². The Labute approximate surface area is 212 Å². The molecule has 0 atom stereocenters. The number of hydrogen-bond acceptors (Lipinski definition) is 5. The second-order valence-corrected chi connectivity index (χ2v) is 9.04. The normalized spacial score (nSPS) is 11.3. The van der Waals surface area contributed by atoms with Crippen molar-refractivity contribution in [2.45, 2.75) is 53.9 Å². The van der Waals surface area contributed by atoms with Gasteiger partial charge in [0, 0.05) is 31.5 Å². The number of hydrogen-bond donors (Lipinski definition) is 0. The zero-order chi connectivity index (χ0) is 25.5. The van der Waals surface area contributed by atoms with E-state index < -0.39 is 0 Å². The molecule has 0 aromatic heterocycles. The van der Waals surface area contributed by atoms with Gasteiger partial charge < -0.3 is 19.1 Å². The van der Waals surface area contributed by atoms with Gasteiger partial charge >= 0.3 is 5.97 Å². The number of esters is 1. The van der Waals surface area contributed by atoms with Crippen molar-refractivity contribution in [3.05, 3.63) is 54.1 Å². The maximum Gasteiger partial charge on any atom is 0.330 e. The van der Waals surface area contributed by atoms with Gasteiger partial charge in [-0.1, -0.05) is 52.3 Å². The maximum absolute atomic E-state index is 12.0. The molecule has 0 saturated heterocycles. The maximum atomic E-state index is 12.0. The molecular formula is C30H43NO4. The minimum atomic E-state index is -0.324. The van der Waals surface area contributed by atoms with Crippen molar-refractivity contribution < 1.29 is 19.0 Å². The van der Waals surface area contributed by atoms with Gasteiger partial charge in [0.25, 0.3) is 0 Å². The molecule has 0 unspecified atom stereocenters. The molecule has 2 aromatic carbocycles. The zero-order valence-electron chi connectivity index (χ0n) is 22.2. The smallest absolute Gasteiger partial charge is 0.330 e. The molecule has 35 heavy (non-hydrogen) atoms. The molecule has 2 aromatic rings. The molecule has 0 fully saturated rings. The third-order valence-corrected chi connectivity index (χ3v) is 5.46. The highest BCUT2D eigenvalue weighted by Crippen LogP contribution is 2.30. The highest BCUT2D eigenvalue weighted by atomic mass is 16.5. The highest BCUT2D eigenvalue weighted by molar-refractivity contribution is 5.89. The molecule has 0 saturated carbocycles. The van der Waals surface area contributed by atoms with Gasteiger partial charge in [0.1, 0.15) is 12.4 Å². The summed E-state index contributed by atoms with van der Waals surface area (Å²) in [6.45, 7) is 14.8. The second-order valence-electron chi connectivity index (χ2n) is 9.04. The Kier molecular flexibility index (Phi) is 13.0. The highest BCUT2D eigenvalue weighted by Gasteiger charge is 2.13. The predicted molar refractivity (Wildman–Crippen MR) is 146 cm³/mol. The van der Waals surface area contributed by atoms with Crippen molar-refractivity contribution in [2.24, 2.45) is 5.92 Å². The van der Waals surface area contributed by atoms with Gasteiger partial charge in [-0.25, -0.2) is 4.79 Å². The molecule has 0 amide bonds. The molecule has 5 heteroatoms. The van der Waals surface area contributed by atoms with E-state index in [9.17, 15) is 4.79 Å². The number of rotatable bonds is 16. The van der Waals surface area contributed by atoms with Gasteiger partial charge in [0.15, 0.2) is 0 Å². The van der Waals surface area contributed by atoms with Crippen LogP contribution >= 0.6 is 0 Å². The quantitative estimate of drug-likeness (QED) is 0.147. The van der Waals surface area contributed by atoms with Gasteiger partial charge in [-0.15, -0.1) is 0 Å². The monoisotopic (exact) mass is 481 g/mol. The Morgan fingerprint density at radius 3 is 2.34 bits per heavy atom. The van der Waals surface area contributed by atoms with Crippen molar-refractivity contribution in [3.8, 4) is 16.9 Å². The summed E-state index contributed by atoms with van der Waals surface area (Å²) in [7, 11) is 0. The van der Waals surface area contributed by atoms with Gasteiger partial charge in [-0.05, 0) is 72.7 Å². The molecule has 0 spiro atoms. The van der Waals surface area contributed by atoms with E-state index in [2.05, 4.69) is 62.9 Å². The van der Waals surface area contributed by atoms with E-state index in [1.807, 2.05) is 25.1 Å². The van der Waals surface area contributed by atoms with Gasteiger partial charge in [-0.2, -0.15) is 0 Å². The van der Waals surface area contributed by atoms with Crippen LogP contribution in [0.2, 0.25) is 0 Å². The summed E-state index contributed by atoms with van der Waals surface area (Å²) in [6.07, 6.45) is 6.66. The average molecular weight is 482 g/mol. The Hall–Kier alpha value is -2.79. The molecule has 0 N–H and O–H groups in total. The second kappa shape index (κ2) is 16.0. The van der Waals surface area contributed by atoms with E-state index in [0.29, 0.717) is 25.7 Å². The first-order valence-corrected chi connectivity index (χ1v) is 13.0. The molecule has 0 aliphatic heterocycles. The van der Waals surface area contributed by atoms with Crippen LogP contribution in [0.25, 0.3) is 17.2 Å². The largest absolute Gasteiger partial charge is 0.491 e. The number of carbonyl (C=O) groups is 1. The fourth-order valence-corrected chi connectivity index (χ4v) is 3.84. The van der Waals surface area contributed by atoms with E-state index in [0.717, 1.165) is 67.1 Å². The molecule has 2 rings (SSSR count). The van der Waals surface area contributed by atoms with Gasteiger partial charge in [0.2, 0.25) is 0 Å². The SMILES string of the molecule is CCCCOCCOc1ccc(-c2ccc(N(CCC)CC(C)C)c(/C=C/C(=O)OCC)c2)cc1. The van der Waals surface area contributed by atoms with Crippen molar-refractivity contribution in [2.75, 3.05) is 44.4 Å². The number of nitrogens with zero attached hydrogens (tertiary/aromatic N) is 1. The van der Waals surface area contributed by atoms with E-state index in [1.165, 1.54) is 6.08 Å². The van der Waals surface area contributed by atoms with Crippen molar-refractivity contribution in [3.63, 3.8) is 0 Å². The molecule has 192 valence electrons. The fourth-order valence-electron chi connectivity index (χ4n) is 3.84. The minimum Gasteiger partial charge on any atom is -0.491 e. The Balaban J connectivity index is 2.22. The first kappa shape index (κ1) is 28.4. The van der Waals surface area contributed by atoms with Crippen LogP contribution in [0.1, 0.15) is 59.4 Å². The predicted octanol–water partition coefficient (Wildman–Crippen LogP) is 7.00.